The summed E-state index contributed by atoms with van der Waals surface area (Å²) in [4.78, 5) is 43.1. The van der Waals surface area contributed by atoms with Crippen LogP contribution in [-0.2, 0) is 4.79 Å². The van der Waals surface area contributed by atoms with Crippen LogP contribution in [0.15, 0.2) is 71.1 Å². The van der Waals surface area contributed by atoms with Crippen LogP contribution in [0.5, 0.6) is 0 Å². The highest BCUT2D eigenvalue weighted by atomic mass is 32.2. The third-order valence-corrected chi connectivity index (χ3v) is 8.81. The van der Waals surface area contributed by atoms with Gasteiger partial charge in [-0.1, -0.05) is 60.9 Å². The first-order chi connectivity index (χ1) is 18.9. The van der Waals surface area contributed by atoms with E-state index in [4.69, 9.17) is 0 Å². The summed E-state index contributed by atoms with van der Waals surface area (Å²) >= 11 is 2.84. The number of carbonyl (C=O) groups is 3. The standard InChI is InChI=1S/C30H30N4O3S2/c1-19-11-13-21(14-12-19)31-27(35)18-38-30-34-25-16-15-22(17-26(25)39-30)33-29(37)24-10-6-5-9-23(24)28(36)32-20-7-3-2-4-8-20/h5-6,9-17,20H,2-4,7-8,18H2,1H3,(H,31,35)(H,32,36)(H,33,37). The summed E-state index contributed by atoms with van der Waals surface area (Å²) in [7, 11) is 0. The van der Waals surface area contributed by atoms with Crippen LogP contribution >= 0.6 is 23.1 Å². The number of benzene rings is 3. The van der Waals surface area contributed by atoms with E-state index in [0.29, 0.717) is 16.8 Å². The lowest BCUT2D eigenvalue weighted by Gasteiger charge is -2.23. The van der Waals surface area contributed by atoms with Crippen LogP contribution in [0.4, 0.5) is 11.4 Å². The van der Waals surface area contributed by atoms with Crippen LogP contribution in [0.3, 0.4) is 0 Å². The Bertz CT molecular complexity index is 1490. The molecule has 0 saturated heterocycles. The number of carbonyl (C=O) groups excluding carboxylic acids is 3. The average Bonchev–Trinajstić information content (AvgIpc) is 3.36. The zero-order valence-corrected chi connectivity index (χ0v) is 23.3. The van der Waals surface area contributed by atoms with Gasteiger partial charge in [0.2, 0.25) is 5.91 Å². The summed E-state index contributed by atoms with van der Waals surface area (Å²) in [5.41, 5.74) is 4.03. The fourth-order valence-corrected chi connectivity index (χ4v) is 6.50. The van der Waals surface area contributed by atoms with Crippen LogP contribution < -0.4 is 16.0 Å². The van der Waals surface area contributed by atoms with Gasteiger partial charge in [-0.25, -0.2) is 4.98 Å². The number of nitrogens with one attached hydrogen (secondary N) is 3. The third kappa shape index (κ3) is 7.04. The number of amides is 3. The van der Waals surface area contributed by atoms with E-state index in [9.17, 15) is 14.4 Å². The molecule has 1 aliphatic rings. The molecule has 0 aliphatic heterocycles. The van der Waals surface area contributed by atoms with Crippen molar-refractivity contribution in [1.29, 1.82) is 0 Å². The average molecular weight is 559 g/mol. The van der Waals surface area contributed by atoms with Crippen molar-refractivity contribution >= 4 is 62.4 Å². The maximum absolute atomic E-state index is 13.2. The van der Waals surface area contributed by atoms with Crippen molar-refractivity contribution < 1.29 is 14.4 Å². The second-order valence-corrected chi connectivity index (χ2v) is 11.9. The predicted molar refractivity (Wildman–Crippen MR) is 159 cm³/mol. The molecule has 200 valence electrons. The normalized spacial score (nSPS) is 13.7. The highest BCUT2D eigenvalue weighted by molar-refractivity contribution is 8.01. The van der Waals surface area contributed by atoms with Gasteiger partial charge in [-0.15, -0.1) is 11.3 Å². The number of aromatic nitrogens is 1. The van der Waals surface area contributed by atoms with Crippen molar-refractivity contribution in [3.63, 3.8) is 0 Å². The molecule has 39 heavy (non-hydrogen) atoms. The number of aryl methyl sites for hydroxylation is 1. The van der Waals surface area contributed by atoms with Gasteiger partial charge in [0.15, 0.2) is 4.34 Å². The molecule has 1 aliphatic carbocycles. The fourth-order valence-electron chi connectivity index (χ4n) is 4.59. The second kappa shape index (κ2) is 12.4. The van der Waals surface area contributed by atoms with Gasteiger partial charge in [0.25, 0.3) is 11.8 Å². The molecule has 9 heteroatoms. The fraction of sp³-hybridized carbons (Fsp3) is 0.267. The summed E-state index contributed by atoms with van der Waals surface area (Å²) in [6.07, 6.45) is 5.40. The van der Waals surface area contributed by atoms with E-state index in [1.54, 1.807) is 30.3 Å². The Labute approximate surface area is 235 Å². The molecule has 3 N–H and O–H groups in total. The minimum absolute atomic E-state index is 0.0951. The Kier molecular flexibility index (Phi) is 8.58. The molecule has 0 unspecified atom stereocenters. The Hall–Kier alpha value is -3.69. The van der Waals surface area contributed by atoms with Crippen molar-refractivity contribution in [2.75, 3.05) is 16.4 Å². The quantitative estimate of drug-likeness (QED) is 0.210. The van der Waals surface area contributed by atoms with E-state index in [1.807, 2.05) is 43.3 Å². The van der Waals surface area contributed by atoms with Gasteiger partial charge >= 0.3 is 0 Å². The first-order valence-corrected chi connectivity index (χ1v) is 14.9. The van der Waals surface area contributed by atoms with Crippen molar-refractivity contribution in [2.45, 2.75) is 49.4 Å². The number of rotatable bonds is 8. The molecule has 1 fully saturated rings. The first-order valence-electron chi connectivity index (χ1n) is 13.1. The number of anilines is 2. The van der Waals surface area contributed by atoms with E-state index >= 15 is 0 Å². The summed E-state index contributed by atoms with van der Waals surface area (Å²) in [6, 6.07) is 20.2. The SMILES string of the molecule is Cc1ccc(NC(=O)CSc2nc3ccc(NC(=O)c4ccccc4C(=O)NC4CCCCC4)cc3s2)cc1. The second-order valence-electron chi connectivity index (χ2n) is 9.67. The van der Waals surface area contributed by atoms with Crippen molar-refractivity contribution in [3.05, 3.63) is 83.4 Å². The number of hydrogen-bond acceptors (Lipinski definition) is 6. The van der Waals surface area contributed by atoms with E-state index in [1.165, 1.54) is 29.5 Å². The van der Waals surface area contributed by atoms with Gasteiger partial charge in [-0.3, -0.25) is 14.4 Å². The van der Waals surface area contributed by atoms with Gasteiger partial charge in [0, 0.05) is 17.4 Å². The van der Waals surface area contributed by atoms with Gasteiger partial charge in [0.05, 0.1) is 27.1 Å². The van der Waals surface area contributed by atoms with Crippen LogP contribution in [0, 0.1) is 6.92 Å². The molecule has 1 heterocycles. The maximum atomic E-state index is 13.2. The van der Waals surface area contributed by atoms with E-state index in [2.05, 4.69) is 20.9 Å². The molecule has 3 amide bonds. The topological polar surface area (TPSA) is 100 Å². The smallest absolute Gasteiger partial charge is 0.256 e. The predicted octanol–water partition coefficient (Wildman–Crippen LogP) is 6.65. The van der Waals surface area contributed by atoms with E-state index in [0.717, 1.165) is 51.5 Å². The molecular weight excluding hydrogens is 528 g/mol. The van der Waals surface area contributed by atoms with Crippen molar-refractivity contribution in [1.82, 2.24) is 10.3 Å². The molecule has 7 nitrogen and oxygen atoms in total. The van der Waals surface area contributed by atoms with E-state index < -0.39 is 0 Å². The molecule has 1 saturated carbocycles. The minimum Gasteiger partial charge on any atom is -0.349 e. The molecule has 3 aromatic carbocycles. The lowest BCUT2D eigenvalue weighted by atomic mass is 9.95. The Balaban J connectivity index is 1.21. The first kappa shape index (κ1) is 26.9. The Morgan fingerprint density at radius 3 is 2.31 bits per heavy atom. The molecular formula is C30H30N4O3S2. The van der Waals surface area contributed by atoms with Crippen LogP contribution in [-0.4, -0.2) is 34.5 Å². The van der Waals surface area contributed by atoms with Gasteiger partial charge < -0.3 is 16.0 Å². The number of thiazole rings is 1. The lowest BCUT2D eigenvalue weighted by molar-refractivity contribution is -0.113. The molecule has 0 bridgehead atoms. The third-order valence-electron chi connectivity index (χ3n) is 6.65. The molecule has 0 atom stereocenters. The molecule has 5 rings (SSSR count). The monoisotopic (exact) mass is 558 g/mol. The maximum Gasteiger partial charge on any atom is 0.256 e. The molecule has 4 aromatic rings. The zero-order chi connectivity index (χ0) is 27.2. The van der Waals surface area contributed by atoms with Crippen LogP contribution in [0.1, 0.15) is 58.4 Å². The molecule has 0 spiro atoms. The van der Waals surface area contributed by atoms with E-state index in [-0.39, 0.29) is 29.5 Å². The number of nitrogens with zero attached hydrogens (tertiary/aromatic N) is 1. The summed E-state index contributed by atoms with van der Waals surface area (Å²) in [6.45, 7) is 2.00. The van der Waals surface area contributed by atoms with Gasteiger partial charge in [0.1, 0.15) is 0 Å². The summed E-state index contributed by atoms with van der Waals surface area (Å²) < 4.78 is 1.68. The summed E-state index contributed by atoms with van der Waals surface area (Å²) in [5, 5.41) is 8.93. The summed E-state index contributed by atoms with van der Waals surface area (Å²) in [5.74, 6) is -0.395. The number of hydrogen-bond donors (Lipinski definition) is 3. The van der Waals surface area contributed by atoms with Crippen LogP contribution in [0.2, 0.25) is 0 Å². The molecule has 0 radical (unpaired) electrons. The minimum atomic E-state index is -0.337. The Morgan fingerprint density at radius 1 is 0.872 bits per heavy atom. The van der Waals surface area contributed by atoms with Gasteiger partial charge in [-0.05, 0) is 62.2 Å². The van der Waals surface area contributed by atoms with Crippen LogP contribution in [0.25, 0.3) is 10.2 Å². The lowest BCUT2D eigenvalue weighted by Crippen LogP contribution is -2.37. The highest BCUT2D eigenvalue weighted by Gasteiger charge is 2.21. The highest BCUT2D eigenvalue weighted by Crippen LogP contribution is 2.31. The van der Waals surface area contributed by atoms with Crippen molar-refractivity contribution in [3.8, 4) is 0 Å². The zero-order valence-electron chi connectivity index (χ0n) is 21.7. The van der Waals surface area contributed by atoms with Gasteiger partial charge in [-0.2, -0.15) is 0 Å². The largest absolute Gasteiger partial charge is 0.349 e. The van der Waals surface area contributed by atoms with Crippen molar-refractivity contribution in [2.24, 2.45) is 0 Å². The number of fused-ring (bicyclic) bond motifs is 1. The Morgan fingerprint density at radius 2 is 1.56 bits per heavy atom. The number of thioether (sulfide) groups is 1. The molecule has 1 aromatic heterocycles.